The third-order valence-corrected chi connectivity index (χ3v) is 5.92. The number of nitrogens with one attached hydrogen (secondary N) is 2. The SMILES string of the molecule is NC(N)=NCCCC(NC(=O)C(Cc1ccc(O)cc1)NC(=O)C(N)CO)C(=O)N1CCCC1C(=O)O. The Labute approximate surface area is 213 Å². The van der Waals surface area contributed by atoms with Gasteiger partial charge in [0, 0.05) is 19.5 Å². The Morgan fingerprint density at radius 1 is 1.08 bits per heavy atom. The first-order valence-electron chi connectivity index (χ1n) is 11.9. The molecule has 1 aromatic rings. The van der Waals surface area contributed by atoms with Crippen LogP contribution in [0.5, 0.6) is 5.75 Å². The number of rotatable bonds is 13. The van der Waals surface area contributed by atoms with E-state index in [9.17, 15) is 34.5 Å². The van der Waals surface area contributed by atoms with E-state index < -0.39 is 54.5 Å². The summed E-state index contributed by atoms with van der Waals surface area (Å²) < 4.78 is 0. The number of aromatic hydroxyl groups is 1. The van der Waals surface area contributed by atoms with Crippen molar-refractivity contribution >= 4 is 29.7 Å². The summed E-state index contributed by atoms with van der Waals surface area (Å²) in [7, 11) is 0. The van der Waals surface area contributed by atoms with Crippen molar-refractivity contribution in [2.24, 2.45) is 22.2 Å². The summed E-state index contributed by atoms with van der Waals surface area (Å²) >= 11 is 0. The quantitative estimate of drug-likeness (QED) is 0.0760. The highest BCUT2D eigenvalue weighted by Gasteiger charge is 2.38. The average molecular weight is 522 g/mol. The zero-order valence-electron chi connectivity index (χ0n) is 20.4. The number of carbonyl (C=O) groups excluding carboxylic acids is 3. The predicted molar refractivity (Wildman–Crippen MR) is 133 cm³/mol. The first kappa shape index (κ1) is 29.3. The van der Waals surface area contributed by atoms with Gasteiger partial charge in [0.15, 0.2) is 5.96 Å². The largest absolute Gasteiger partial charge is 0.508 e. The van der Waals surface area contributed by atoms with Gasteiger partial charge in [-0.05, 0) is 43.4 Å². The van der Waals surface area contributed by atoms with Crippen LogP contribution in [-0.2, 0) is 25.6 Å². The van der Waals surface area contributed by atoms with Gasteiger partial charge in [0.2, 0.25) is 17.7 Å². The molecule has 0 aliphatic carbocycles. The van der Waals surface area contributed by atoms with Crippen LogP contribution in [-0.4, -0.2) is 93.7 Å². The van der Waals surface area contributed by atoms with Crippen LogP contribution in [0.2, 0.25) is 0 Å². The van der Waals surface area contributed by atoms with Gasteiger partial charge in [0.05, 0.1) is 6.61 Å². The minimum absolute atomic E-state index is 0.00756. The topological polar surface area (TPSA) is 247 Å². The summed E-state index contributed by atoms with van der Waals surface area (Å²) in [6.45, 7) is -0.227. The number of guanidine groups is 1. The number of aliphatic hydroxyl groups excluding tert-OH is 1. The molecule has 0 spiro atoms. The third-order valence-electron chi connectivity index (χ3n) is 5.92. The Balaban J connectivity index is 2.25. The number of carboxylic acids is 1. The molecule has 14 heteroatoms. The first-order valence-corrected chi connectivity index (χ1v) is 11.9. The van der Waals surface area contributed by atoms with Crippen molar-refractivity contribution in [3.05, 3.63) is 29.8 Å². The number of phenols is 1. The molecule has 11 N–H and O–H groups in total. The number of phenolic OH excluding ortho intramolecular Hbond substituents is 1. The van der Waals surface area contributed by atoms with Gasteiger partial charge in [-0.3, -0.25) is 19.4 Å². The molecule has 3 amide bonds. The summed E-state index contributed by atoms with van der Waals surface area (Å²) in [6.07, 6.45) is 1.22. The molecule has 1 aromatic carbocycles. The van der Waals surface area contributed by atoms with E-state index in [1.807, 2.05) is 0 Å². The van der Waals surface area contributed by atoms with Crippen LogP contribution in [0.4, 0.5) is 0 Å². The smallest absolute Gasteiger partial charge is 0.326 e. The van der Waals surface area contributed by atoms with Crippen LogP contribution in [0, 0.1) is 0 Å². The average Bonchev–Trinajstić information content (AvgIpc) is 3.36. The maximum absolute atomic E-state index is 13.3. The van der Waals surface area contributed by atoms with Gasteiger partial charge >= 0.3 is 5.97 Å². The lowest BCUT2D eigenvalue weighted by molar-refractivity contribution is -0.149. The number of amides is 3. The van der Waals surface area contributed by atoms with Crippen molar-refractivity contribution in [2.75, 3.05) is 19.7 Å². The lowest BCUT2D eigenvalue weighted by atomic mass is 10.0. The minimum Gasteiger partial charge on any atom is -0.508 e. The van der Waals surface area contributed by atoms with Crippen molar-refractivity contribution in [1.29, 1.82) is 0 Å². The molecular formula is C23H35N7O7. The van der Waals surface area contributed by atoms with E-state index in [1.54, 1.807) is 12.1 Å². The highest BCUT2D eigenvalue weighted by Crippen LogP contribution is 2.20. The summed E-state index contributed by atoms with van der Waals surface area (Å²) in [5.41, 5.74) is 16.9. The Morgan fingerprint density at radius 3 is 2.32 bits per heavy atom. The minimum atomic E-state index is -1.27. The molecule has 4 atom stereocenters. The fourth-order valence-corrected chi connectivity index (χ4v) is 3.96. The van der Waals surface area contributed by atoms with E-state index in [0.717, 1.165) is 0 Å². The van der Waals surface area contributed by atoms with Gasteiger partial charge in [-0.1, -0.05) is 12.1 Å². The lowest BCUT2D eigenvalue weighted by Crippen LogP contribution is -2.58. The molecule has 0 radical (unpaired) electrons. The maximum Gasteiger partial charge on any atom is 0.326 e. The molecule has 1 heterocycles. The summed E-state index contributed by atoms with van der Waals surface area (Å²) in [5.74, 6) is -3.30. The molecule has 37 heavy (non-hydrogen) atoms. The number of nitrogens with zero attached hydrogens (tertiary/aromatic N) is 2. The van der Waals surface area contributed by atoms with Crippen LogP contribution in [0.25, 0.3) is 0 Å². The fraction of sp³-hybridized carbons (Fsp3) is 0.522. The fourth-order valence-electron chi connectivity index (χ4n) is 3.96. The Hall–Kier alpha value is -3.91. The van der Waals surface area contributed by atoms with Crippen LogP contribution < -0.4 is 27.8 Å². The van der Waals surface area contributed by atoms with Crippen LogP contribution >= 0.6 is 0 Å². The predicted octanol–water partition coefficient (Wildman–Crippen LogP) is -2.65. The number of aliphatic hydroxyl groups is 1. The number of aliphatic imine (C=N–C) groups is 1. The zero-order valence-corrected chi connectivity index (χ0v) is 20.4. The molecule has 0 bridgehead atoms. The highest BCUT2D eigenvalue weighted by atomic mass is 16.4. The van der Waals surface area contributed by atoms with Gasteiger partial charge < -0.3 is 48.1 Å². The van der Waals surface area contributed by atoms with Crippen molar-refractivity contribution in [2.45, 2.75) is 56.3 Å². The van der Waals surface area contributed by atoms with Crippen molar-refractivity contribution in [3.63, 3.8) is 0 Å². The normalized spacial score (nSPS) is 17.4. The van der Waals surface area contributed by atoms with Gasteiger partial charge in [-0.15, -0.1) is 0 Å². The molecule has 2 rings (SSSR count). The molecule has 1 saturated heterocycles. The molecule has 1 aliphatic heterocycles. The van der Waals surface area contributed by atoms with Gasteiger partial charge in [0.25, 0.3) is 0 Å². The van der Waals surface area contributed by atoms with Crippen LogP contribution in [0.1, 0.15) is 31.2 Å². The Morgan fingerprint density at radius 2 is 1.73 bits per heavy atom. The Bertz CT molecular complexity index is 982. The summed E-state index contributed by atoms with van der Waals surface area (Å²) in [4.78, 5) is 55.7. The Kier molecular flexibility index (Phi) is 11.1. The number of benzene rings is 1. The summed E-state index contributed by atoms with van der Waals surface area (Å²) in [6, 6.07) is 1.40. The van der Waals surface area contributed by atoms with Crippen LogP contribution in [0.15, 0.2) is 29.3 Å². The second-order valence-electron chi connectivity index (χ2n) is 8.76. The molecule has 1 fully saturated rings. The van der Waals surface area contributed by atoms with Crippen LogP contribution in [0.3, 0.4) is 0 Å². The molecule has 14 nitrogen and oxygen atoms in total. The number of nitrogens with two attached hydrogens (primary N) is 3. The number of likely N-dealkylation sites (tertiary alicyclic amines) is 1. The van der Waals surface area contributed by atoms with E-state index in [2.05, 4.69) is 15.6 Å². The van der Waals surface area contributed by atoms with Crippen molar-refractivity contribution < 1.29 is 34.5 Å². The number of aliphatic carboxylic acids is 1. The maximum atomic E-state index is 13.3. The summed E-state index contributed by atoms with van der Waals surface area (Å²) in [5, 5.41) is 33.3. The van der Waals surface area contributed by atoms with Crippen molar-refractivity contribution in [1.82, 2.24) is 15.5 Å². The van der Waals surface area contributed by atoms with E-state index in [1.165, 1.54) is 17.0 Å². The van der Waals surface area contributed by atoms with Crippen molar-refractivity contribution in [3.8, 4) is 5.75 Å². The molecular weight excluding hydrogens is 486 g/mol. The molecule has 0 saturated carbocycles. The zero-order chi connectivity index (χ0) is 27.5. The second-order valence-corrected chi connectivity index (χ2v) is 8.76. The van der Waals surface area contributed by atoms with Gasteiger partial charge in [0.1, 0.15) is 29.9 Å². The van der Waals surface area contributed by atoms with Gasteiger partial charge in [-0.2, -0.15) is 0 Å². The standard InChI is InChI=1S/C23H35N7O7/c24-15(12-31)19(33)29-17(11-13-5-7-14(32)8-6-13)20(34)28-16(3-1-9-27-23(25)26)21(35)30-10-2-4-18(30)22(36)37/h5-8,15-18,31-32H,1-4,9-12,24H2,(H,28,34)(H,29,33)(H,36,37)(H4,25,26,27). The number of hydrogen-bond acceptors (Lipinski definition) is 8. The van der Waals surface area contributed by atoms with E-state index in [-0.39, 0.29) is 37.6 Å². The second kappa shape index (κ2) is 14.0. The first-order chi connectivity index (χ1) is 17.5. The van der Waals surface area contributed by atoms with E-state index in [4.69, 9.17) is 17.2 Å². The molecule has 0 aromatic heterocycles. The number of carboxylic acid groups (broad SMARTS) is 1. The number of hydrogen-bond donors (Lipinski definition) is 8. The lowest BCUT2D eigenvalue weighted by Gasteiger charge is -2.29. The molecule has 4 unspecified atom stereocenters. The molecule has 1 aliphatic rings. The molecule has 204 valence electrons. The van der Waals surface area contributed by atoms with E-state index in [0.29, 0.717) is 24.8 Å². The van der Waals surface area contributed by atoms with E-state index >= 15 is 0 Å². The third kappa shape index (κ3) is 8.91. The van der Waals surface area contributed by atoms with Gasteiger partial charge in [-0.25, -0.2) is 4.79 Å². The highest BCUT2D eigenvalue weighted by molar-refractivity contribution is 5.94. The number of carbonyl (C=O) groups is 4. The monoisotopic (exact) mass is 521 g/mol.